The van der Waals surface area contributed by atoms with E-state index in [0.29, 0.717) is 5.04 Å². The third-order valence-electron chi connectivity index (χ3n) is 2.40. The second-order valence-corrected chi connectivity index (χ2v) is 26.1. The quantitative estimate of drug-likeness (QED) is 0.554. The molecule has 3 heteroatoms. The monoisotopic (exact) mass is 204 g/mol. The molecular formula is C8H24Si3. The van der Waals surface area contributed by atoms with Gasteiger partial charge in [-0.25, -0.2) is 0 Å². The van der Waals surface area contributed by atoms with Crippen LogP contribution in [0.3, 0.4) is 0 Å². The van der Waals surface area contributed by atoms with Gasteiger partial charge in [0.25, 0.3) is 0 Å². The van der Waals surface area contributed by atoms with Crippen molar-refractivity contribution in [3.8, 4) is 0 Å². The molecule has 0 fully saturated rings. The molecule has 0 N–H and O–H groups in total. The fourth-order valence-corrected chi connectivity index (χ4v) is 22.0. The van der Waals surface area contributed by atoms with Crippen LogP contribution in [0.1, 0.15) is 41.5 Å². The Bertz CT molecular complexity index is 118. The van der Waals surface area contributed by atoms with Crippen LogP contribution in [-0.2, 0) is 0 Å². The van der Waals surface area contributed by atoms with Gasteiger partial charge in [0, 0.05) is 16.9 Å². The molecule has 0 saturated carbocycles. The Kier molecular flexibility index (Phi) is 3.79. The van der Waals surface area contributed by atoms with Gasteiger partial charge in [-0.2, -0.15) is 0 Å². The maximum atomic E-state index is 2.45. The van der Waals surface area contributed by atoms with Crippen molar-refractivity contribution in [2.75, 3.05) is 0 Å². The molecule has 0 heterocycles. The van der Waals surface area contributed by atoms with E-state index in [0.717, 1.165) is 5.04 Å². The highest BCUT2D eigenvalue weighted by Gasteiger charge is 2.26. The lowest BCUT2D eigenvalue weighted by Gasteiger charge is -2.31. The van der Waals surface area contributed by atoms with Crippen LogP contribution in [0.25, 0.3) is 0 Å². The van der Waals surface area contributed by atoms with Gasteiger partial charge in [0.1, 0.15) is 0 Å². The van der Waals surface area contributed by atoms with E-state index in [9.17, 15) is 0 Å². The number of rotatable bonds is 1. The SMILES string of the molecule is CC(C)(C)[SiH2][SiH]([SiH3])C(C)(C)C. The molecule has 0 bridgehead atoms. The van der Waals surface area contributed by atoms with Gasteiger partial charge in [0.2, 0.25) is 0 Å². The first-order valence-corrected chi connectivity index (χ1v) is 13.8. The van der Waals surface area contributed by atoms with E-state index < -0.39 is 0 Å². The van der Waals surface area contributed by atoms with Crippen LogP contribution in [0.5, 0.6) is 0 Å². The van der Waals surface area contributed by atoms with Gasteiger partial charge in [-0.1, -0.05) is 51.6 Å². The van der Waals surface area contributed by atoms with Crippen molar-refractivity contribution < 1.29 is 0 Å². The Morgan fingerprint density at radius 2 is 1.36 bits per heavy atom. The van der Waals surface area contributed by atoms with E-state index in [1.807, 2.05) is 0 Å². The molecule has 68 valence electrons. The normalized spacial score (nSPS) is 18.0. The fraction of sp³-hybridized carbons (Fsp3) is 1.00. The highest BCUT2D eigenvalue weighted by atomic mass is 29.5. The van der Waals surface area contributed by atoms with Crippen LogP contribution in [-0.4, -0.2) is 26.6 Å². The molecule has 0 amide bonds. The molecule has 0 saturated heterocycles. The second-order valence-electron chi connectivity index (χ2n) is 6.03. The number of hydrogen-bond acceptors (Lipinski definition) is 0. The van der Waals surface area contributed by atoms with Crippen molar-refractivity contribution in [3.05, 3.63) is 0 Å². The van der Waals surface area contributed by atoms with Crippen molar-refractivity contribution >= 4 is 26.6 Å². The second kappa shape index (κ2) is 3.58. The molecule has 0 rings (SSSR count). The van der Waals surface area contributed by atoms with Gasteiger partial charge in [-0.05, 0) is 9.76 Å². The Labute approximate surface area is 78.6 Å². The first kappa shape index (κ1) is 11.7. The first-order chi connectivity index (χ1) is 4.63. The van der Waals surface area contributed by atoms with Gasteiger partial charge in [-0.3, -0.25) is 0 Å². The van der Waals surface area contributed by atoms with Crippen LogP contribution in [0, 0.1) is 0 Å². The lowest BCUT2D eigenvalue weighted by molar-refractivity contribution is 0.739. The summed E-state index contributed by atoms with van der Waals surface area (Å²) >= 11 is 0. The van der Waals surface area contributed by atoms with Gasteiger partial charge in [0.15, 0.2) is 0 Å². The van der Waals surface area contributed by atoms with Crippen molar-refractivity contribution in [2.24, 2.45) is 0 Å². The topological polar surface area (TPSA) is 0 Å². The van der Waals surface area contributed by atoms with Crippen molar-refractivity contribution in [1.82, 2.24) is 0 Å². The predicted molar refractivity (Wildman–Crippen MR) is 65.1 cm³/mol. The highest BCUT2D eigenvalue weighted by Crippen LogP contribution is 2.30. The zero-order valence-electron chi connectivity index (χ0n) is 9.28. The largest absolute Gasteiger partial charge is 0.0634 e. The summed E-state index contributed by atoms with van der Waals surface area (Å²) in [6, 6.07) is 0. The molecule has 11 heavy (non-hydrogen) atoms. The summed E-state index contributed by atoms with van der Waals surface area (Å²) in [5.74, 6) is 0. The average molecular weight is 205 g/mol. The average Bonchev–Trinajstić information content (AvgIpc) is 1.56. The maximum Gasteiger partial charge on any atom is 0.0161 e. The molecular weight excluding hydrogens is 180 g/mol. The van der Waals surface area contributed by atoms with Gasteiger partial charge >= 0.3 is 0 Å². The standard InChI is InChI=1S/C8H24Si3/c1-7(2,3)10-11(9)8(4,5)6/h11H,10H2,1-6,9H3. The lowest BCUT2D eigenvalue weighted by atomic mass is 10.2. The molecule has 0 aromatic carbocycles. The summed E-state index contributed by atoms with van der Waals surface area (Å²) in [7, 11) is 1.56. The van der Waals surface area contributed by atoms with Crippen LogP contribution < -0.4 is 0 Å². The minimum Gasteiger partial charge on any atom is -0.0634 e. The molecule has 0 aliphatic heterocycles. The molecule has 0 aliphatic carbocycles. The Morgan fingerprint density at radius 1 is 1.00 bits per heavy atom. The van der Waals surface area contributed by atoms with Crippen molar-refractivity contribution in [1.29, 1.82) is 0 Å². The Balaban J connectivity index is 3.99. The highest BCUT2D eigenvalue weighted by molar-refractivity contribution is 7.36. The van der Waals surface area contributed by atoms with Crippen molar-refractivity contribution in [3.63, 3.8) is 0 Å². The zero-order valence-corrected chi connectivity index (χ0v) is 13.9. The van der Waals surface area contributed by atoms with Gasteiger partial charge in [-0.15, -0.1) is 0 Å². The summed E-state index contributed by atoms with van der Waals surface area (Å²) < 4.78 is 0. The molecule has 1 unspecified atom stereocenters. The van der Waals surface area contributed by atoms with Crippen LogP contribution >= 0.6 is 0 Å². The molecule has 0 aromatic heterocycles. The van der Waals surface area contributed by atoms with E-state index >= 15 is 0 Å². The number of hydrogen-bond donors (Lipinski definition) is 0. The summed E-state index contributed by atoms with van der Waals surface area (Å²) in [5.41, 5.74) is 0. The first-order valence-electron chi connectivity index (χ1n) is 4.63. The van der Waals surface area contributed by atoms with E-state index in [1.165, 1.54) is 9.76 Å². The van der Waals surface area contributed by atoms with Gasteiger partial charge in [0.05, 0.1) is 0 Å². The van der Waals surface area contributed by atoms with Crippen LogP contribution in [0.15, 0.2) is 0 Å². The fourth-order valence-electron chi connectivity index (χ4n) is 1.22. The molecule has 0 nitrogen and oxygen atoms in total. The van der Waals surface area contributed by atoms with E-state index in [-0.39, 0.29) is 16.9 Å². The van der Waals surface area contributed by atoms with Crippen LogP contribution in [0.2, 0.25) is 10.1 Å². The van der Waals surface area contributed by atoms with Crippen molar-refractivity contribution in [2.45, 2.75) is 51.6 Å². The lowest BCUT2D eigenvalue weighted by Crippen LogP contribution is -2.37. The van der Waals surface area contributed by atoms with Gasteiger partial charge < -0.3 is 0 Å². The maximum absolute atomic E-state index is 2.45. The van der Waals surface area contributed by atoms with E-state index in [2.05, 4.69) is 41.5 Å². The zero-order chi connectivity index (χ0) is 9.28. The van der Waals surface area contributed by atoms with Crippen LogP contribution in [0.4, 0.5) is 0 Å². The predicted octanol–water partition coefficient (Wildman–Crippen LogP) is 0.760. The molecule has 0 radical (unpaired) electrons. The summed E-state index contributed by atoms with van der Waals surface area (Å²) in [5, 5.41) is 1.44. The van der Waals surface area contributed by atoms with E-state index in [1.54, 1.807) is 0 Å². The third-order valence-corrected chi connectivity index (χ3v) is 25.2. The molecule has 0 spiro atoms. The smallest absolute Gasteiger partial charge is 0.0161 e. The third kappa shape index (κ3) is 5.87. The minimum atomic E-state index is -0.238. The molecule has 1 atom stereocenters. The summed E-state index contributed by atoms with van der Waals surface area (Å²) in [4.78, 5) is 0. The Hall–Kier alpha value is 0.651. The molecule has 0 aromatic rings. The van der Waals surface area contributed by atoms with E-state index in [4.69, 9.17) is 0 Å². The summed E-state index contributed by atoms with van der Waals surface area (Å²) in [6.07, 6.45) is 0. The minimum absolute atomic E-state index is 0.238. The Morgan fingerprint density at radius 3 is 1.45 bits per heavy atom. The summed E-state index contributed by atoms with van der Waals surface area (Å²) in [6.45, 7) is 14.7. The molecule has 0 aliphatic rings.